The fraction of sp³-hybridized carbons (Fsp3) is 0.364. The van der Waals surface area contributed by atoms with E-state index >= 15 is 0 Å². The summed E-state index contributed by atoms with van der Waals surface area (Å²) in [5.41, 5.74) is 3.08. The quantitative estimate of drug-likeness (QED) is 0.419. The van der Waals surface area contributed by atoms with Gasteiger partial charge in [-0.1, -0.05) is 77.3 Å². The normalized spacial score (nSPS) is 11.7. The highest BCUT2D eigenvalue weighted by Gasteiger charge is 2.22. The third kappa shape index (κ3) is 7.08. The Morgan fingerprint density at radius 1 is 1.31 bits per heavy atom. The van der Waals surface area contributed by atoms with Crippen LogP contribution in [0.5, 0.6) is 0 Å². The van der Waals surface area contributed by atoms with E-state index in [1.54, 1.807) is 12.2 Å². The summed E-state index contributed by atoms with van der Waals surface area (Å²) in [6, 6.07) is 9.49. The van der Waals surface area contributed by atoms with E-state index in [9.17, 15) is 4.79 Å². The predicted molar refractivity (Wildman–Crippen MR) is 108 cm³/mol. The van der Waals surface area contributed by atoms with Crippen molar-refractivity contribution < 1.29 is 9.53 Å². The molecule has 1 N–H and O–H groups in total. The average molecular weight is 354 g/mol. The number of nitrogens with zero attached hydrogens (tertiary/aromatic N) is 1. The van der Waals surface area contributed by atoms with Crippen molar-refractivity contribution in [3.8, 4) is 6.07 Å². The van der Waals surface area contributed by atoms with E-state index in [2.05, 4.69) is 24.5 Å². The van der Waals surface area contributed by atoms with Gasteiger partial charge in [0.2, 0.25) is 0 Å². The first-order valence-electron chi connectivity index (χ1n) is 8.77. The summed E-state index contributed by atoms with van der Waals surface area (Å²) in [4.78, 5) is 11.8. The minimum absolute atomic E-state index is 0.137. The Balaban J connectivity index is 0.00000301. The van der Waals surface area contributed by atoms with Gasteiger partial charge in [0.25, 0.3) is 0 Å². The Kier molecular flexibility index (Phi) is 11.4. The van der Waals surface area contributed by atoms with E-state index in [0.29, 0.717) is 12.1 Å². The van der Waals surface area contributed by atoms with E-state index in [1.807, 2.05) is 52.0 Å². The van der Waals surface area contributed by atoms with E-state index < -0.39 is 0 Å². The highest BCUT2D eigenvalue weighted by atomic mass is 16.5. The van der Waals surface area contributed by atoms with Crippen molar-refractivity contribution in [3.05, 3.63) is 66.3 Å². The Labute approximate surface area is 157 Å². The number of methoxy groups -OCH3 is 1. The zero-order valence-electron chi connectivity index (χ0n) is 16.5. The van der Waals surface area contributed by atoms with Gasteiger partial charge in [0.15, 0.2) is 0 Å². The number of nitriles is 1. The second-order valence-electron chi connectivity index (χ2n) is 5.73. The van der Waals surface area contributed by atoms with Crippen molar-refractivity contribution in [1.29, 1.82) is 5.26 Å². The molecule has 0 radical (unpaired) electrons. The molecule has 0 heterocycles. The standard InChI is InChI=1S/C20H24N2O2.C2H6/c1-6-7-18(15(4)12-21)17-10-8-16(9-11-17)13-22-19(14(2)3)20(23)24-5;1-2/h6-11,14,19,22H,1,4,13H2,2-3,5H3;1-2H3/b18-7+;. The van der Waals surface area contributed by atoms with E-state index in [1.165, 1.54) is 7.11 Å². The van der Waals surface area contributed by atoms with Gasteiger partial charge in [0.1, 0.15) is 6.04 Å². The van der Waals surface area contributed by atoms with Gasteiger partial charge in [-0.2, -0.15) is 5.26 Å². The van der Waals surface area contributed by atoms with Gasteiger partial charge in [0, 0.05) is 6.54 Å². The third-order valence-electron chi connectivity index (χ3n) is 3.66. The lowest BCUT2D eigenvalue weighted by Gasteiger charge is -2.20. The highest BCUT2D eigenvalue weighted by molar-refractivity contribution is 5.83. The average Bonchev–Trinajstić information content (AvgIpc) is 2.67. The largest absolute Gasteiger partial charge is 0.468 e. The van der Waals surface area contributed by atoms with Crippen molar-refractivity contribution in [3.63, 3.8) is 0 Å². The van der Waals surface area contributed by atoms with Gasteiger partial charge in [-0.15, -0.1) is 0 Å². The molecule has 0 saturated carbocycles. The van der Waals surface area contributed by atoms with Gasteiger partial charge in [-0.25, -0.2) is 0 Å². The molecule has 0 aliphatic carbocycles. The fourth-order valence-electron chi connectivity index (χ4n) is 2.30. The van der Waals surface area contributed by atoms with E-state index in [-0.39, 0.29) is 17.9 Å². The van der Waals surface area contributed by atoms with Crippen molar-refractivity contribution in [2.45, 2.75) is 40.3 Å². The summed E-state index contributed by atoms with van der Waals surface area (Å²) >= 11 is 0. The molecule has 1 unspecified atom stereocenters. The maximum Gasteiger partial charge on any atom is 0.323 e. The summed E-state index contributed by atoms with van der Waals surface area (Å²) < 4.78 is 4.82. The first-order valence-corrected chi connectivity index (χ1v) is 8.77. The van der Waals surface area contributed by atoms with Gasteiger partial charge in [-0.3, -0.25) is 4.79 Å². The number of ether oxygens (including phenoxy) is 1. The molecule has 0 aromatic heterocycles. The zero-order valence-corrected chi connectivity index (χ0v) is 16.5. The molecule has 1 atom stereocenters. The van der Waals surface area contributed by atoms with Gasteiger partial charge in [-0.05, 0) is 22.6 Å². The van der Waals surface area contributed by atoms with Crippen LogP contribution in [0.2, 0.25) is 0 Å². The summed E-state index contributed by atoms with van der Waals surface area (Å²) in [5.74, 6) is -0.124. The zero-order chi connectivity index (χ0) is 20.1. The molecule has 0 bridgehead atoms. The molecule has 1 rings (SSSR count). The summed E-state index contributed by atoms with van der Waals surface area (Å²) in [7, 11) is 1.39. The van der Waals surface area contributed by atoms with Crippen molar-refractivity contribution >= 4 is 11.5 Å². The summed E-state index contributed by atoms with van der Waals surface area (Å²) in [6.07, 6.45) is 3.40. The van der Waals surface area contributed by atoms with Crippen LogP contribution in [0, 0.1) is 17.2 Å². The second kappa shape index (κ2) is 12.7. The molecule has 0 fully saturated rings. The van der Waals surface area contributed by atoms with Crippen LogP contribution in [0.4, 0.5) is 0 Å². The number of rotatable bonds is 8. The fourth-order valence-corrected chi connectivity index (χ4v) is 2.30. The molecule has 0 spiro atoms. The molecule has 1 aromatic carbocycles. The molecule has 0 aliphatic rings. The molecule has 1 aromatic rings. The van der Waals surface area contributed by atoms with Crippen molar-refractivity contribution in [2.24, 2.45) is 5.92 Å². The van der Waals surface area contributed by atoms with Crippen molar-refractivity contribution in [2.75, 3.05) is 7.11 Å². The molecule has 0 amide bonds. The molecule has 4 heteroatoms. The third-order valence-corrected chi connectivity index (χ3v) is 3.66. The van der Waals surface area contributed by atoms with E-state index in [0.717, 1.165) is 16.7 Å². The number of nitrogens with one attached hydrogen (secondary N) is 1. The van der Waals surface area contributed by atoms with Crippen LogP contribution in [0.1, 0.15) is 38.8 Å². The smallest absolute Gasteiger partial charge is 0.323 e. The molecular weight excluding hydrogens is 324 g/mol. The lowest BCUT2D eigenvalue weighted by Crippen LogP contribution is -2.41. The number of esters is 1. The van der Waals surface area contributed by atoms with Crippen LogP contribution < -0.4 is 5.32 Å². The lowest BCUT2D eigenvalue weighted by molar-refractivity contribution is -0.144. The Bertz CT molecular complexity index is 664. The minimum Gasteiger partial charge on any atom is -0.468 e. The molecule has 140 valence electrons. The summed E-state index contributed by atoms with van der Waals surface area (Å²) in [5, 5.41) is 12.3. The molecule has 4 nitrogen and oxygen atoms in total. The van der Waals surface area contributed by atoms with Crippen LogP contribution in [0.3, 0.4) is 0 Å². The number of hydrogen-bond donors (Lipinski definition) is 1. The number of carbonyl (C=O) groups excluding carboxylic acids is 1. The van der Waals surface area contributed by atoms with Gasteiger partial charge in [0.05, 0.1) is 18.8 Å². The topological polar surface area (TPSA) is 62.1 Å². The molecule has 0 saturated heterocycles. The van der Waals surface area contributed by atoms with Crippen molar-refractivity contribution in [1.82, 2.24) is 5.32 Å². The first-order chi connectivity index (χ1) is 12.4. The Morgan fingerprint density at radius 2 is 1.88 bits per heavy atom. The maximum atomic E-state index is 11.8. The second-order valence-corrected chi connectivity index (χ2v) is 5.73. The van der Waals surface area contributed by atoms with Crippen LogP contribution >= 0.6 is 0 Å². The minimum atomic E-state index is -0.343. The Hall–Kier alpha value is -2.64. The number of allylic oxidation sites excluding steroid dienone is 4. The van der Waals surface area contributed by atoms with Crippen LogP contribution in [0.25, 0.3) is 5.57 Å². The Morgan fingerprint density at radius 3 is 2.31 bits per heavy atom. The SMILES string of the molecule is C=C/C=C(\C(=C)C#N)c1ccc(CNC(C(=O)OC)C(C)C)cc1.CC. The number of hydrogen-bond acceptors (Lipinski definition) is 4. The highest BCUT2D eigenvalue weighted by Crippen LogP contribution is 2.22. The van der Waals surface area contributed by atoms with Gasteiger partial charge < -0.3 is 10.1 Å². The van der Waals surface area contributed by atoms with Crippen LogP contribution in [0.15, 0.2) is 55.1 Å². The van der Waals surface area contributed by atoms with E-state index in [4.69, 9.17) is 10.00 Å². The predicted octanol–water partition coefficient (Wildman–Crippen LogP) is 4.65. The number of benzene rings is 1. The molecule has 0 aliphatic heterocycles. The molecule has 26 heavy (non-hydrogen) atoms. The first kappa shape index (κ1) is 23.4. The van der Waals surface area contributed by atoms with Gasteiger partial charge >= 0.3 is 5.97 Å². The molecular formula is C22H30N2O2. The number of carbonyl (C=O) groups is 1. The van der Waals surface area contributed by atoms with Crippen LogP contribution in [-0.4, -0.2) is 19.1 Å². The summed E-state index contributed by atoms with van der Waals surface area (Å²) in [6.45, 7) is 15.9. The maximum absolute atomic E-state index is 11.8. The monoisotopic (exact) mass is 354 g/mol. The van der Waals surface area contributed by atoms with Crippen LogP contribution in [-0.2, 0) is 16.1 Å². The lowest BCUT2D eigenvalue weighted by atomic mass is 9.98.